The first kappa shape index (κ1) is 17.5. The number of benzene rings is 2. The summed E-state index contributed by atoms with van der Waals surface area (Å²) < 4.78 is 2.28. The Morgan fingerprint density at radius 2 is 1.40 bits per heavy atom. The number of aryl methyl sites for hydroxylation is 2. The lowest BCUT2D eigenvalue weighted by Crippen LogP contribution is -2.07. The predicted molar refractivity (Wildman–Crippen MR) is 107 cm³/mol. The van der Waals surface area contributed by atoms with E-state index in [9.17, 15) is 0 Å². The van der Waals surface area contributed by atoms with Crippen LogP contribution >= 0.6 is 0 Å². The topological polar surface area (TPSA) is 17.8 Å². The molecule has 25 heavy (non-hydrogen) atoms. The van der Waals surface area contributed by atoms with Crippen molar-refractivity contribution >= 4 is 0 Å². The van der Waals surface area contributed by atoms with E-state index in [1.54, 1.807) is 0 Å². The quantitative estimate of drug-likeness (QED) is 0.540. The van der Waals surface area contributed by atoms with E-state index in [1.165, 1.54) is 33.5 Å². The van der Waals surface area contributed by atoms with Crippen molar-refractivity contribution in [1.82, 2.24) is 9.55 Å². The highest BCUT2D eigenvalue weighted by Crippen LogP contribution is 2.34. The van der Waals surface area contributed by atoms with E-state index in [2.05, 4.69) is 88.7 Å². The lowest BCUT2D eigenvalue weighted by molar-refractivity contribution is 0.806. The zero-order valence-corrected chi connectivity index (χ0v) is 16.2. The van der Waals surface area contributed by atoms with Gasteiger partial charge >= 0.3 is 0 Å². The van der Waals surface area contributed by atoms with E-state index in [4.69, 9.17) is 4.98 Å². The minimum atomic E-state index is 0.461. The summed E-state index contributed by atoms with van der Waals surface area (Å²) in [7, 11) is 0. The maximum absolute atomic E-state index is 4.71. The van der Waals surface area contributed by atoms with Gasteiger partial charge in [-0.15, -0.1) is 0 Å². The van der Waals surface area contributed by atoms with Crippen molar-refractivity contribution in [2.75, 3.05) is 0 Å². The van der Waals surface area contributed by atoms with Gasteiger partial charge in [0.2, 0.25) is 0 Å². The second-order valence-electron chi connectivity index (χ2n) is 7.59. The number of para-hydroxylation sites is 1. The minimum Gasteiger partial charge on any atom is -0.299 e. The summed E-state index contributed by atoms with van der Waals surface area (Å²) in [6.07, 6.45) is 4.01. The summed E-state index contributed by atoms with van der Waals surface area (Å²) in [5, 5.41) is 0. The molecular weight excluding hydrogens is 304 g/mol. The van der Waals surface area contributed by atoms with Crippen LogP contribution in [0.4, 0.5) is 0 Å². The van der Waals surface area contributed by atoms with Gasteiger partial charge in [0, 0.05) is 18.0 Å². The van der Waals surface area contributed by atoms with Crippen molar-refractivity contribution in [3.8, 4) is 17.1 Å². The van der Waals surface area contributed by atoms with E-state index in [0.29, 0.717) is 11.8 Å². The monoisotopic (exact) mass is 332 g/mol. The molecule has 0 N–H and O–H groups in total. The third-order valence-corrected chi connectivity index (χ3v) is 4.70. The van der Waals surface area contributed by atoms with Gasteiger partial charge in [0.25, 0.3) is 0 Å². The molecule has 0 amide bonds. The van der Waals surface area contributed by atoms with Crippen LogP contribution in [-0.4, -0.2) is 9.55 Å². The van der Waals surface area contributed by atoms with Crippen LogP contribution < -0.4 is 0 Å². The van der Waals surface area contributed by atoms with Crippen molar-refractivity contribution in [1.29, 1.82) is 0 Å². The number of aromatic nitrogens is 2. The summed E-state index contributed by atoms with van der Waals surface area (Å²) in [5.74, 6) is 1.94. The van der Waals surface area contributed by atoms with Crippen LogP contribution in [0.1, 0.15) is 61.8 Å². The molecular formula is C23H28N2. The van der Waals surface area contributed by atoms with Gasteiger partial charge in [-0.1, -0.05) is 63.1 Å². The van der Waals surface area contributed by atoms with Crippen LogP contribution in [0.2, 0.25) is 0 Å². The van der Waals surface area contributed by atoms with E-state index in [-0.39, 0.29) is 0 Å². The normalized spacial score (nSPS) is 11.5. The molecule has 0 atom stereocenters. The van der Waals surface area contributed by atoms with Gasteiger partial charge in [-0.05, 0) is 48.9 Å². The number of hydrogen-bond acceptors (Lipinski definition) is 1. The van der Waals surface area contributed by atoms with E-state index in [1.807, 2.05) is 6.20 Å². The molecule has 0 saturated heterocycles. The number of imidazole rings is 1. The SMILES string of the molecule is Cc1cc(C)cc(-c2nccn2-c2c(C(C)C)cccc2C(C)C)c1. The number of hydrogen-bond donors (Lipinski definition) is 0. The van der Waals surface area contributed by atoms with E-state index >= 15 is 0 Å². The molecule has 3 aromatic rings. The Labute approximate surface area is 151 Å². The Kier molecular flexibility index (Phi) is 4.80. The Hall–Kier alpha value is -2.35. The standard InChI is InChI=1S/C23H28N2/c1-15(2)20-8-7-9-21(16(3)4)22(20)25-11-10-24-23(25)19-13-17(5)12-18(6)14-19/h7-16H,1-6H3. The maximum atomic E-state index is 4.71. The lowest BCUT2D eigenvalue weighted by atomic mass is 9.92. The lowest BCUT2D eigenvalue weighted by Gasteiger charge is -2.22. The Morgan fingerprint density at radius 3 is 1.92 bits per heavy atom. The zero-order chi connectivity index (χ0) is 18.1. The van der Waals surface area contributed by atoms with Crippen molar-refractivity contribution in [3.05, 3.63) is 71.0 Å². The molecule has 130 valence electrons. The molecule has 0 bridgehead atoms. The maximum Gasteiger partial charge on any atom is 0.144 e. The summed E-state index contributed by atoms with van der Waals surface area (Å²) >= 11 is 0. The summed E-state index contributed by atoms with van der Waals surface area (Å²) in [6.45, 7) is 13.3. The fourth-order valence-electron chi connectivity index (χ4n) is 3.59. The molecule has 2 nitrogen and oxygen atoms in total. The number of rotatable bonds is 4. The van der Waals surface area contributed by atoms with Gasteiger partial charge in [-0.3, -0.25) is 4.57 Å². The molecule has 1 heterocycles. The highest BCUT2D eigenvalue weighted by atomic mass is 15.1. The van der Waals surface area contributed by atoms with Gasteiger partial charge in [0.15, 0.2) is 0 Å². The van der Waals surface area contributed by atoms with Crippen molar-refractivity contribution in [2.24, 2.45) is 0 Å². The van der Waals surface area contributed by atoms with Crippen LogP contribution in [0, 0.1) is 13.8 Å². The molecule has 0 aliphatic heterocycles. The van der Waals surface area contributed by atoms with Gasteiger partial charge in [-0.2, -0.15) is 0 Å². The zero-order valence-electron chi connectivity index (χ0n) is 16.2. The molecule has 1 aromatic heterocycles. The Morgan fingerprint density at radius 1 is 0.840 bits per heavy atom. The van der Waals surface area contributed by atoms with Gasteiger partial charge in [0.1, 0.15) is 5.82 Å². The largest absolute Gasteiger partial charge is 0.299 e. The van der Waals surface area contributed by atoms with E-state index < -0.39 is 0 Å². The van der Waals surface area contributed by atoms with Crippen LogP contribution in [0.25, 0.3) is 17.1 Å². The van der Waals surface area contributed by atoms with Crippen molar-refractivity contribution in [2.45, 2.75) is 53.4 Å². The highest BCUT2D eigenvalue weighted by molar-refractivity contribution is 5.63. The van der Waals surface area contributed by atoms with Crippen LogP contribution in [-0.2, 0) is 0 Å². The van der Waals surface area contributed by atoms with E-state index in [0.717, 1.165) is 5.82 Å². The van der Waals surface area contributed by atoms with Crippen molar-refractivity contribution < 1.29 is 0 Å². The molecule has 0 radical (unpaired) electrons. The predicted octanol–water partition coefficient (Wildman–Crippen LogP) is 6.40. The highest BCUT2D eigenvalue weighted by Gasteiger charge is 2.18. The average Bonchev–Trinajstić information content (AvgIpc) is 3.02. The van der Waals surface area contributed by atoms with Crippen molar-refractivity contribution in [3.63, 3.8) is 0 Å². The summed E-state index contributed by atoms with van der Waals surface area (Å²) in [5.41, 5.74) is 7.75. The first-order valence-corrected chi connectivity index (χ1v) is 9.13. The molecule has 2 aromatic carbocycles. The summed E-state index contributed by atoms with van der Waals surface area (Å²) in [4.78, 5) is 4.71. The molecule has 0 aliphatic rings. The first-order valence-electron chi connectivity index (χ1n) is 9.13. The summed E-state index contributed by atoms with van der Waals surface area (Å²) in [6, 6.07) is 13.3. The van der Waals surface area contributed by atoms with Gasteiger partial charge in [-0.25, -0.2) is 4.98 Å². The van der Waals surface area contributed by atoms with Crippen LogP contribution in [0.5, 0.6) is 0 Å². The smallest absolute Gasteiger partial charge is 0.144 e. The second-order valence-corrected chi connectivity index (χ2v) is 7.59. The average molecular weight is 332 g/mol. The Balaban J connectivity index is 2.28. The van der Waals surface area contributed by atoms with Gasteiger partial charge < -0.3 is 0 Å². The fourth-order valence-corrected chi connectivity index (χ4v) is 3.59. The molecule has 0 fully saturated rings. The molecule has 2 heteroatoms. The van der Waals surface area contributed by atoms with Crippen LogP contribution in [0.15, 0.2) is 48.8 Å². The third-order valence-electron chi connectivity index (χ3n) is 4.70. The number of nitrogens with zero attached hydrogens (tertiary/aromatic N) is 2. The molecule has 3 rings (SSSR count). The molecule has 0 aliphatic carbocycles. The first-order chi connectivity index (χ1) is 11.9. The molecule has 0 unspecified atom stereocenters. The van der Waals surface area contributed by atoms with Gasteiger partial charge in [0.05, 0.1) is 5.69 Å². The fraction of sp³-hybridized carbons (Fsp3) is 0.348. The Bertz CT molecular complexity index is 838. The third kappa shape index (κ3) is 3.39. The second kappa shape index (κ2) is 6.87. The molecule has 0 saturated carbocycles. The molecule has 0 spiro atoms. The minimum absolute atomic E-state index is 0.461. The van der Waals surface area contributed by atoms with Crippen LogP contribution in [0.3, 0.4) is 0 Å².